The monoisotopic (exact) mass is 209 g/mol. The molecule has 2 rings (SSSR count). The average molecular weight is 209 g/mol. The van der Waals surface area contributed by atoms with E-state index in [0.29, 0.717) is 5.41 Å². The molecule has 1 heteroatoms. The van der Waals surface area contributed by atoms with Gasteiger partial charge in [0.2, 0.25) is 0 Å². The lowest BCUT2D eigenvalue weighted by molar-refractivity contribution is 0.196. The second-order valence-electron chi connectivity index (χ2n) is 6.05. The van der Waals surface area contributed by atoms with Gasteiger partial charge in [-0.1, -0.05) is 26.7 Å². The molecule has 1 aliphatic heterocycles. The van der Waals surface area contributed by atoms with E-state index in [4.69, 9.17) is 0 Å². The van der Waals surface area contributed by atoms with Crippen LogP contribution in [0.1, 0.15) is 58.8 Å². The molecule has 3 unspecified atom stereocenters. The fourth-order valence-electron chi connectivity index (χ4n) is 3.85. The maximum atomic E-state index is 3.61. The first-order valence-corrected chi connectivity index (χ1v) is 6.96. The van der Waals surface area contributed by atoms with Crippen LogP contribution >= 0.6 is 0 Å². The molecule has 0 aromatic rings. The van der Waals surface area contributed by atoms with Crippen molar-refractivity contribution in [3.8, 4) is 0 Å². The zero-order chi connectivity index (χ0) is 10.7. The number of hydrogen-bond donors (Lipinski definition) is 1. The van der Waals surface area contributed by atoms with E-state index in [1.807, 2.05) is 0 Å². The Balaban J connectivity index is 1.87. The summed E-state index contributed by atoms with van der Waals surface area (Å²) in [6, 6.07) is 0. The first kappa shape index (κ1) is 11.4. The molecule has 1 aliphatic carbocycles. The van der Waals surface area contributed by atoms with Gasteiger partial charge in [-0.3, -0.25) is 0 Å². The first-order chi connectivity index (χ1) is 7.26. The molecule has 15 heavy (non-hydrogen) atoms. The second kappa shape index (κ2) is 4.86. The van der Waals surface area contributed by atoms with E-state index < -0.39 is 0 Å². The van der Waals surface area contributed by atoms with Gasteiger partial charge in [-0.25, -0.2) is 0 Å². The van der Waals surface area contributed by atoms with E-state index in [1.165, 1.54) is 58.0 Å². The van der Waals surface area contributed by atoms with Crippen molar-refractivity contribution in [2.75, 3.05) is 13.1 Å². The zero-order valence-corrected chi connectivity index (χ0v) is 10.5. The number of rotatable bonds is 3. The Kier molecular flexibility index (Phi) is 3.71. The predicted molar refractivity (Wildman–Crippen MR) is 65.9 cm³/mol. The molecule has 0 radical (unpaired) electrons. The summed E-state index contributed by atoms with van der Waals surface area (Å²) in [4.78, 5) is 0. The normalized spacial score (nSPS) is 38.4. The molecule has 1 N–H and O–H groups in total. The molecular weight excluding hydrogens is 182 g/mol. The van der Waals surface area contributed by atoms with E-state index >= 15 is 0 Å². The molecule has 1 saturated carbocycles. The highest BCUT2D eigenvalue weighted by Gasteiger charge is 2.40. The van der Waals surface area contributed by atoms with E-state index in [9.17, 15) is 0 Å². The minimum Gasteiger partial charge on any atom is -0.316 e. The van der Waals surface area contributed by atoms with Crippen LogP contribution in [0.3, 0.4) is 0 Å². The Morgan fingerprint density at radius 2 is 2.27 bits per heavy atom. The molecule has 1 nitrogen and oxygen atoms in total. The second-order valence-corrected chi connectivity index (χ2v) is 6.05. The minimum atomic E-state index is 0.713. The van der Waals surface area contributed by atoms with Crippen molar-refractivity contribution in [2.45, 2.75) is 58.8 Å². The highest BCUT2D eigenvalue weighted by Crippen LogP contribution is 2.48. The van der Waals surface area contributed by atoms with Crippen LogP contribution in [0.2, 0.25) is 0 Å². The van der Waals surface area contributed by atoms with Gasteiger partial charge in [0.15, 0.2) is 0 Å². The Bertz CT molecular complexity index is 194. The molecule has 1 heterocycles. The number of hydrogen-bond acceptors (Lipinski definition) is 1. The van der Waals surface area contributed by atoms with Crippen molar-refractivity contribution >= 4 is 0 Å². The summed E-state index contributed by atoms with van der Waals surface area (Å²) in [7, 11) is 0. The zero-order valence-electron chi connectivity index (χ0n) is 10.5. The first-order valence-electron chi connectivity index (χ1n) is 6.96. The van der Waals surface area contributed by atoms with Gasteiger partial charge in [0, 0.05) is 6.54 Å². The summed E-state index contributed by atoms with van der Waals surface area (Å²) in [6.45, 7) is 7.37. The fourth-order valence-corrected chi connectivity index (χ4v) is 3.85. The quantitative estimate of drug-likeness (QED) is 0.749. The summed E-state index contributed by atoms with van der Waals surface area (Å²) < 4.78 is 0. The van der Waals surface area contributed by atoms with Crippen LogP contribution in [-0.4, -0.2) is 13.1 Å². The largest absolute Gasteiger partial charge is 0.316 e. The van der Waals surface area contributed by atoms with Crippen molar-refractivity contribution in [3.05, 3.63) is 0 Å². The van der Waals surface area contributed by atoms with Crippen molar-refractivity contribution in [3.63, 3.8) is 0 Å². The molecule has 3 atom stereocenters. The van der Waals surface area contributed by atoms with Crippen molar-refractivity contribution in [1.29, 1.82) is 0 Å². The van der Waals surface area contributed by atoms with Crippen LogP contribution in [0.4, 0.5) is 0 Å². The molecule has 1 spiro atoms. The van der Waals surface area contributed by atoms with Crippen LogP contribution in [-0.2, 0) is 0 Å². The third-order valence-corrected chi connectivity index (χ3v) is 4.85. The molecule has 0 aromatic carbocycles. The van der Waals surface area contributed by atoms with Gasteiger partial charge in [-0.05, 0) is 55.9 Å². The average Bonchev–Trinajstić information content (AvgIpc) is 2.64. The van der Waals surface area contributed by atoms with E-state index in [2.05, 4.69) is 19.2 Å². The molecule has 88 valence electrons. The third kappa shape index (κ3) is 2.55. The Morgan fingerprint density at radius 1 is 1.40 bits per heavy atom. The minimum absolute atomic E-state index is 0.713. The van der Waals surface area contributed by atoms with Gasteiger partial charge in [-0.2, -0.15) is 0 Å². The van der Waals surface area contributed by atoms with Gasteiger partial charge in [0.1, 0.15) is 0 Å². The summed E-state index contributed by atoms with van der Waals surface area (Å²) in [5.74, 6) is 2.00. The van der Waals surface area contributed by atoms with Crippen LogP contribution in [0.25, 0.3) is 0 Å². The highest BCUT2D eigenvalue weighted by atomic mass is 14.9. The Hall–Kier alpha value is -0.0400. The van der Waals surface area contributed by atoms with Crippen molar-refractivity contribution in [2.24, 2.45) is 17.3 Å². The van der Waals surface area contributed by atoms with Crippen LogP contribution in [0.15, 0.2) is 0 Å². The number of piperidine rings is 1. The summed E-state index contributed by atoms with van der Waals surface area (Å²) in [6.07, 6.45) is 10.2. The van der Waals surface area contributed by atoms with Gasteiger partial charge in [-0.15, -0.1) is 0 Å². The summed E-state index contributed by atoms with van der Waals surface area (Å²) in [5.41, 5.74) is 0.713. The summed E-state index contributed by atoms with van der Waals surface area (Å²) >= 11 is 0. The molecule has 0 bridgehead atoms. The molecule has 1 saturated heterocycles. The smallest absolute Gasteiger partial charge is 0.000792 e. The van der Waals surface area contributed by atoms with Gasteiger partial charge in [0.25, 0.3) is 0 Å². The Labute approximate surface area is 95.0 Å². The van der Waals surface area contributed by atoms with Gasteiger partial charge >= 0.3 is 0 Å². The van der Waals surface area contributed by atoms with Crippen LogP contribution < -0.4 is 5.32 Å². The predicted octanol–water partition coefficient (Wildman–Crippen LogP) is 3.59. The van der Waals surface area contributed by atoms with Crippen molar-refractivity contribution < 1.29 is 0 Å². The lowest BCUT2D eigenvalue weighted by Crippen LogP contribution is -2.38. The van der Waals surface area contributed by atoms with Gasteiger partial charge < -0.3 is 5.32 Å². The van der Waals surface area contributed by atoms with Crippen molar-refractivity contribution in [1.82, 2.24) is 5.32 Å². The third-order valence-electron chi connectivity index (χ3n) is 4.85. The lowest BCUT2D eigenvalue weighted by Gasteiger charge is -2.34. The molecular formula is C14H27N. The van der Waals surface area contributed by atoms with E-state index in [0.717, 1.165) is 11.8 Å². The molecule has 2 fully saturated rings. The van der Waals surface area contributed by atoms with Gasteiger partial charge in [0.05, 0.1) is 0 Å². The maximum absolute atomic E-state index is 3.61. The standard InChI is InChI=1S/C14H27N/c1-3-5-12(2)13-6-8-14(10-13)7-4-9-15-11-14/h12-13,15H,3-11H2,1-2H3. The Morgan fingerprint density at radius 3 is 2.93 bits per heavy atom. The van der Waals surface area contributed by atoms with Crippen LogP contribution in [0.5, 0.6) is 0 Å². The lowest BCUT2D eigenvalue weighted by atomic mass is 9.77. The highest BCUT2D eigenvalue weighted by molar-refractivity contribution is 4.94. The van der Waals surface area contributed by atoms with Crippen LogP contribution in [0, 0.1) is 17.3 Å². The SMILES string of the molecule is CCCC(C)C1CCC2(CCCNC2)C1. The van der Waals surface area contributed by atoms with E-state index in [-0.39, 0.29) is 0 Å². The topological polar surface area (TPSA) is 12.0 Å². The maximum Gasteiger partial charge on any atom is 0.000792 e. The van der Waals surface area contributed by atoms with E-state index in [1.54, 1.807) is 0 Å². The molecule has 2 aliphatic rings. The number of nitrogens with one attached hydrogen (secondary N) is 1. The fraction of sp³-hybridized carbons (Fsp3) is 1.00. The molecule has 0 aromatic heterocycles. The molecule has 0 amide bonds. The summed E-state index contributed by atoms with van der Waals surface area (Å²) in [5, 5.41) is 3.61.